The van der Waals surface area contributed by atoms with Crippen LogP contribution in [0.15, 0.2) is 48.5 Å². The quantitative estimate of drug-likeness (QED) is 0.380. The number of hydrogen-bond donors (Lipinski definition) is 1. The first-order valence-electron chi connectivity index (χ1n) is 11.4. The van der Waals surface area contributed by atoms with Gasteiger partial charge in [-0.15, -0.1) is 0 Å². The van der Waals surface area contributed by atoms with E-state index in [-0.39, 0.29) is 19.1 Å². The Morgan fingerprint density at radius 1 is 1.12 bits per heavy atom. The zero-order chi connectivity index (χ0) is 24.2. The van der Waals surface area contributed by atoms with Crippen molar-refractivity contribution in [2.45, 2.75) is 46.9 Å². The summed E-state index contributed by atoms with van der Waals surface area (Å²) in [5, 5.41) is 15.5. The van der Waals surface area contributed by atoms with Crippen molar-refractivity contribution in [1.82, 2.24) is 19.3 Å². The fourth-order valence-corrected chi connectivity index (χ4v) is 4.16. The second-order valence-corrected chi connectivity index (χ2v) is 8.28. The molecule has 0 saturated carbocycles. The number of aromatic nitrogens is 4. The molecule has 1 N–H and O–H groups in total. The van der Waals surface area contributed by atoms with Crippen LogP contribution in [-0.4, -0.2) is 49.7 Å². The summed E-state index contributed by atoms with van der Waals surface area (Å²) in [7, 11) is 0. The summed E-state index contributed by atoms with van der Waals surface area (Å²) in [4.78, 5) is 17.1. The van der Waals surface area contributed by atoms with Gasteiger partial charge in [-0.25, -0.2) is 14.5 Å². The van der Waals surface area contributed by atoms with Crippen LogP contribution in [0.25, 0.3) is 10.9 Å². The smallest absolute Gasteiger partial charge is 0.340 e. The SMILES string of the molecule is CCOC(=O)c1c(C)n(Cc2ccccc2)c2ccc(OC[C@@H](O)Cn3nc(C)nc3C)cc12. The van der Waals surface area contributed by atoms with E-state index in [1.165, 1.54) is 0 Å². The Bertz CT molecular complexity index is 1290. The molecule has 0 saturated heterocycles. The Morgan fingerprint density at radius 2 is 1.88 bits per heavy atom. The van der Waals surface area contributed by atoms with Crippen LogP contribution in [-0.2, 0) is 17.8 Å². The molecule has 0 amide bonds. The molecule has 2 aromatic heterocycles. The van der Waals surface area contributed by atoms with Crippen LogP contribution in [0.1, 0.15) is 40.2 Å². The number of nitrogens with zero attached hydrogens (tertiary/aromatic N) is 4. The van der Waals surface area contributed by atoms with Gasteiger partial charge in [-0.05, 0) is 51.5 Å². The Kier molecular flexibility index (Phi) is 6.98. The maximum Gasteiger partial charge on any atom is 0.340 e. The lowest BCUT2D eigenvalue weighted by Crippen LogP contribution is -2.24. The third-order valence-corrected chi connectivity index (χ3v) is 5.75. The number of rotatable bonds is 9. The van der Waals surface area contributed by atoms with Gasteiger partial charge < -0.3 is 19.1 Å². The molecule has 0 bridgehead atoms. The fourth-order valence-electron chi connectivity index (χ4n) is 4.16. The zero-order valence-electron chi connectivity index (χ0n) is 20.0. The highest BCUT2D eigenvalue weighted by atomic mass is 16.5. The van der Waals surface area contributed by atoms with E-state index in [2.05, 4.69) is 26.8 Å². The topological polar surface area (TPSA) is 91.4 Å². The Morgan fingerprint density at radius 3 is 2.56 bits per heavy atom. The monoisotopic (exact) mass is 462 g/mol. The van der Waals surface area contributed by atoms with Crippen LogP contribution in [0.4, 0.5) is 0 Å². The van der Waals surface area contributed by atoms with Crippen molar-refractivity contribution < 1.29 is 19.4 Å². The standard InChI is InChI=1S/C26H30N4O4/c1-5-33-26(32)25-17(2)29(14-20-9-7-6-8-10-20)24-12-11-22(13-23(24)25)34-16-21(31)15-30-19(4)27-18(3)28-30/h6-13,21,31H,5,14-16H2,1-4H3/t21-/m0/s1. The molecule has 0 aliphatic rings. The molecule has 1 atom stereocenters. The van der Waals surface area contributed by atoms with E-state index in [0.29, 0.717) is 30.3 Å². The van der Waals surface area contributed by atoms with Crippen LogP contribution in [0.5, 0.6) is 5.75 Å². The second kappa shape index (κ2) is 10.1. The Labute approximate surface area is 198 Å². The number of benzene rings is 2. The number of aryl methyl sites for hydroxylation is 2. The summed E-state index contributed by atoms with van der Waals surface area (Å²) in [6.07, 6.45) is -0.760. The fraction of sp³-hybridized carbons (Fsp3) is 0.346. The van der Waals surface area contributed by atoms with Crippen molar-refractivity contribution in [3.63, 3.8) is 0 Å². The van der Waals surface area contributed by atoms with Crippen molar-refractivity contribution in [2.24, 2.45) is 0 Å². The number of hydrogen-bond acceptors (Lipinski definition) is 6. The summed E-state index contributed by atoms with van der Waals surface area (Å²) >= 11 is 0. The molecular formula is C26H30N4O4. The molecule has 8 heteroatoms. The predicted molar refractivity (Wildman–Crippen MR) is 129 cm³/mol. The molecule has 2 heterocycles. The third-order valence-electron chi connectivity index (χ3n) is 5.75. The van der Waals surface area contributed by atoms with Crippen molar-refractivity contribution in [3.8, 4) is 5.75 Å². The highest BCUT2D eigenvalue weighted by Crippen LogP contribution is 2.31. The largest absolute Gasteiger partial charge is 0.491 e. The lowest BCUT2D eigenvalue weighted by atomic mass is 10.1. The Hall–Kier alpha value is -3.65. The van der Waals surface area contributed by atoms with Gasteiger partial charge in [0.2, 0.25) is 0 Å². The summed E-state index contributed by atoms with van der Waals surface area (Å²) in [5.41, 5.74) is 3.44. The number of esters is 1. The van der Waals surface area contributed by atoms with Gasteiger partial charge in [0.15, 0.2) is 0 Å². The number of carbonyl (C=O) groups is 1. The number of fused-ring (bicyclic) bond motifs is 1. The van der Waals surface area contributed by atoms with Gasteiger partial charge in [-0.3, -0.25) is 0 Å². The number of aliphatic hydroxyl groups is 1. The molecule has 0 spiro atoms. The van der Waals surface area contributed by atoms with E-state index in [4.69, 9.17) is 9.47 Å². The van der Waals surface area contributed by atoms with Crippen molar-refractivity contribution in [2.75, 3.05) is 13.2 Å². The van der Waals surface area contributed by atoms with Crippen LogP contribution in [0, 0.1) is 20.8 Å². The minimum absolute atomic E-state index is 0.0856. The lowest BCUT2D eigenvalue weighted by molar-refractivity contribution is 0.0527. The first-order valence-corrected chi connectivity index (χ1v) is 11.4. The molecule has 8 nitrogen and oxygen atoms in total. The first kappa shape index (κ1) is 23.5. The van der Waals surface area contributed by atoms with E-state index in [1.807, 2.05) is 57.2 Å². The molecule has 178 valence electrons. The molecule has 0 unspecified atom stereocenters. The van der Waals surface area contributed by atoms with Crippen molar-refractivity contribution >= 4 is 16.9 Å². The molecule has 0 aliphatic carbocycles. The van der Waals surface area contributed by atoms with Gasteiger partial charge in [0.25, 0.3) is 0 Å². The maximum atomic E-state index is 12.8. The van der Waals surface area contributed by atoms with Crippen LogP contribution >= 0.6 is 0 Å². The molecule has 0 aliphatic heterocycles. The number of carbonyl (C=O) groups excluding carboxylic acids is 1. The number of aliphatic hydroxyl groups excluding tert-OH is 1. The second-order valence-electron chi connectivity index (χ2n) is 8.28. The first-order chi connectivity index (χ1) is 16.4. The minimum Gasteiger partial charge on any atom is -0.491 e. The van der Waals surface area contributed by atoms with Gasteiger partial charge in [-0.1, -0.05) is 30.3 Å². The van der Waals surface area contributed by atoms with Gasteiger partial charge in [0.1, 0.15) is 30.1 Å². The maximum absolute atomic E-state index is 12.8. The lowest BCUT2D eigenvalue weighted by Gasteiger charge is -2.13. The summed E-state index contributed by atoms with van der Waals surface area (Å²) in [6.45, 7) is 8.70. The normalized spacial score (nSPS) is 12.1. The molecule has 4 rings (SSSR count). The average molecular weight is 463 g/mol. The van der Waals surface area contributed by atoms with Crippen LogP contribution in [0.2, 0.25) is 0 Å². The molecule has 34 heavy (non-hydrogen) atoms. The van der Waals surface area contributed by atoms with Gasteiger partial charge in [0.05, 0.1) is 18.7 Å². The highest BCUT2D eigenvalue weighted by Gasteiger charge is 2.22. The molecule has 0 radical (unpaired) electrons. The van der Waals surface area contributed by atoms with Crippen molar-refractivity contribution in [3.05, 3.63) is 77.0 Å². The predicted octanol–water partition coefficient (Wildman–Crippen LogP) is 3.82. The van der Waals surface area contributed by atoms with Gasteiger partial charge in [0, 0.05) is 23.1 Å². The van der Waals surface area contributed by atoms with Crippen LogP contribution < -0.4 is 4.74 Å². The van der Waals surface area contributed by atoms with Gasteiger partial charge in [-0.2, -0.15) is 5.10 Å². The Balaban J connectivity index is 1.60. The average Bonchev–Trinajstić information content (AvgIpc) is 3.27. The van der Waals surface area contributed by atoms with E-state index in [9.17, 15) is 9.90 Å². The summed E-state index contributed by atoms with van der Waals surface area (Å²) in [5.74, 6) is 1.62. The molecule has 2 aromatic carbocycles. The van der Waals surface area contributed by atoms with Crippen LogP contribution in [0.3, 0.4) is 0 Å². The zero-order valence-corrected chi connectivity index (χ0v) is 20.0. The van der Waals surface area contributed by atoms with E-state index >= 15 is 0 Å². The van der Waals surface area contributed by atoms with E-state index in [0.717, 1.165) is 28.0 Å². The molecular weight excluding hydrogens is 432 g/mol. The minimum atomic E-state index is -0.760. The summed E-state index contributed by atoms with van der Waals surface area (Å²) in [6, 6.07) is 15.8. The highest BCUT2D eigenvalue weighted by molar-refractivity contribution is 6.06. The van der Waals surface area contributed by atoms with E-state index in [1.54, 1.807) is 11.6 Å². The molecule has 4 aromatic rings. The molecule has 0 fully saturated rings. The summed E-state index contributed by atoms with van der Waals surface area (Å²) < 4.78 is 15.0. The number of ether oxygens (including phenoxy) is 2. The van der Waals surface area contributed by atoms with E-state index < -0.39 is 6.10 Å². The van der Waals surface area contributed by atoms with Gasteiger partial charge >= 0.3 is 5.97 Å². The van der Waals surface area contributed by atoms with Crippen molar-refractivity contribution in [1.29, 1.82) is 0 Å². The third kappa shape index (κ3) is 4.97.